The average Bonchev–Trinajstić information content (AvgIpc) is 2.75. The molecule has 1 aliphatic heterocycles. The van der Waals surface area contributed by atoms with E-state index >= 15 is 0 Å². The van der Waals surface area contributed by atoms with Gasteiger partial charge in [0.15, 0.2) is 5.82 Å². The summed E-state index contributed by atoms with van der Waals surface area (Å²) in [5.74, 6) is 0.800. The first-order valence-corrected chi connectivity index (χ1v) is 4.46. The Morgan fingerprint density at radius 1 is 1.36 bits per heavy atom. The van der Waals surface area contributed by atoms with Crippen LogP contribution in [0.25, 0.3) is 16.6 Å². The van der Waals surface area contributed by atoms with Gasteiger partial charge in [0.2, 0.25) is 0 Å². The fourth-order valence-electron chi connectivity index (χ4n) is 1.84. The van der Waals surface area contributed by atoms with Crippen molar-refractivity contribution in [2.45, 2.75) is 6.54 Å². The summed E-state index contributed by atoms with van der Waals surface area (Å²) >= 11 is 0. The van der Waals surface area contributed by atoms with Gasteiger partial charge in [-0.3, -0.25) is 0 Å². The smallest absolute Gasteiger partial charge is 0.151 e. The van der Waals surface area contributed by atoms with E-state index in [1.54, 1.807) is 0 Å². The van der Waals surface area contributed by atoms with E-state index in [1.807, 2.05) is 30.3 Å². The SMILES string of the molecule is N#CC1=CCn2c1nc1ccccc12. The number of rotatable bonds is 0. The Morgan fingerprint density at radius 2 is 2.21 bits per heavy atom. The molecule has 0 N–H and O–H groups in total. The van der Waals surface area contributed by atoms with Crippen molar-refractivity contribution in [2.75, 3.05) is 0 Å². The summed E-state index contributed by atoms with van der Waals surface area (Å²) in [7, 11) is 0. The van der Waals surface area contributed by atoms with Crippen LogP contribution in [0.3, 0.4) is 0 Å². The topological polar surface area (TPSA) is 41.6 Å². The van der Waals surface area contributed by atoms with Crippen molar-refractivity contribution in [2.24, 2.45) is 0 Å². The van der Waals surface area contributed by atoms with Gasteiger partial charge >= 0.3 is 0 Å². The molecule has 2 heterocycles. The number of benzene rings is 1. The molecule has 0 atom stereocenters. The van der Waals surface area contributed by atoms with Crippen LogP contribution in [-0.2, 0) is 6.54 Å². The number of para-hydroxylation sites is 2. The summed E-state index contributed by atoms with van der Waals surface area (Å²) in [4.78, 5) is 4.42. The van der Waals surface area contributed by atoms with Crippen LogP contribution in [-0.4, -0.2) is 9.55 Å². The highest BCUT2D eigenvalue weighted by Crippen LogP contribution is 2.25. The zero-order chi connectivity index (χ0) is 9.54. The van der Waals surface area contributed by atoms with Crippen LogP contribution < -0.4 is 0 Å². The fourth-order valence-corrected chi connectivity index (χ4v) is 1.84. The van der Waals surface area contributed by atoms with E-state index in [9.17, 15) is 0 Å². The fraction of sp³-hybridized carbons (Fsp3) is 0.0909. The molecule has 3 rings (SSSR count). The molecule has 2 aromatic rings. The Balaban J connectivity index is 2.38. The van der Waals surface area contributed by atoms with E-state index < -0.39 is 0 Å². The molecule has 0 unspecified atom stereocenters. The van der Waals surface area contributed by atoms with Crippen LogP contribution in [0.2, 0.25) is 0 Å². The highest BCUT2D eigenvalue weighted by Gasteiger charge is 2.17. The van der Waals surface area contributed by atoms with E-state index in [4.69, 9.17) is 5.26 Å². The van der Waals surface area contributed by atoms with Crippen molar-refractivity contribution in [3.63, 3.8) is 0 Å². The lowest BCUT2D eigenvalue weighted by molar-refractivity contribution is 0.867. The number of aromatic nitrogens is 2. The van der Waals surface area contributed by atoms with E-state index in [2.05, 4.69) is 15.6 Å². The standard InChI is InChI=1S/C11H7N3/c12-7-8-5-6-14-10-4-2-1-3-9(10)13-11(8)14/h1-5H,6H2. The maximum Gasteiger partial charge on any atom is 0.151 e. The molecule has 66 valence electrons. The van der Waals surface area contributed by atoms with Gasteiger partial charge in [0.1, 0.15) is 6.07 Å². The first kappa shape index (κ1) is 7.34. The zero-order valence-electron chi connectivity index (χ0n) is 7.44. The highest BCUT2D eigenvalue weighted by molar-refractivity contribution is 5.85. The van der Waals surface area contributed by atoms with Crippen LogP contribution in [0.4, 0.5) is 0 Å². The first-order valence-electron chi connectivity index (χ1n) is 4.46. The van der Waals surface area contributed by atoms with E-state index in [1.165, 1.54) is 0 Å². The number of imidazole rings is 1. The monoisotopic (exact) mass is 181 g/mol. The number of nitrogens with zero attached hydrogens (tertiary/aromatic N) is 3. The molecule has 1 aromatic heterocycles. The molecule has 14 heavy (non-hydrogen) atoms. The van der Waals surface area contributed by atoms with Gasteiger partial charge in [0.25, 0.3) is 0 Å². The van der Waals surface area contributed by atoms with Gasteiger partial charge in [-0.1, -0.05) is 12.1 Å². The normalized spacial score (nSPS) is 13.8. The molecule has 0 saturated heterocycles. The highest BCUT2D eigenvalue weighted by atomic mass is 15.1. The maximum atomic E-state index is 8.87. The number of allylic oxidation sites excluding steroid dienone is 2. The van der Waals surface area contributed by atoms with Crippen molar-refractivity contribution in [1.29, 1.82) is 5.26 Å². The summed E-state index contributed by atoms with van der Waals surface area (Å²) in [5.41, 5.74) is 2.74. The van der Waals surface area contributed by atoms with Crippen molar-refractivity contribution >= 4 is 16.6 Å². The molecule has 3 nitrogen and oxygen atoms in total. The van der Waals surface area contributed by atoms with Crippen LogP contribution in [0.1, 0.15) is 5.82 Å². The number of hydrogen-bond donors (Lipinski definition) is 0. The molecule has 0 aliphatic carbocycles. The van der Waals surface area contributed by atoms with Gasteiger partial charge in [0, 0.05) is 6.54 Å². The van der Waals surface area contributed by atoms with Crippen molar-refractivity contribution in [3.8, 4) is 6.07 Å². The lowest BCUT2D eigenvalue weighted by Gasteiger charge is -1.96. The molecule has 1 aliphatic rings. The van der Waals surface area contributed by atoms with Crippen molar-refractivity contribution < 1.29 is 0 Å². The number of hydrogen-bond acceptors (Lipinski definition) is 2. The lowest BCUT2D eigenvalue weighted by Crippen LogP contribution is -1.92. The third-order valence-corrected chi connectivity index (χ3v) is 2.49. The summed E-state index contributed by atoms with van der Waals surface area (Å²) in [6.45, 7) is 0.763. The summed E-state index contributed by atoms with van der Waals surface area (Å²) < 4.78 is 2.06. The Kier molecular flexibility index (Phi) is 1.29. The number of nitriles is 1. The quantitative estimate of drug-likeness (QED) is 0.623. The molecular formula is C11H7N3. The second-order valence-electron chi connectivity index (χ2n) is 3.26. The summed E-state index contributed by atoms with van der Waals surface area (Å²) in [6, 6.07) is 10.1. The van der Waals surface area contributed by atoms with E-state index in [0.29, 0.717) is 5.57 Å². The molecular weight excluding hydrogens is 174 g/mol. The van der Waals surface area contributed by atoms with Crippen LogP contribution in [0.5, 0.6) is 0 Å². The second kappa shape index (κ2) is 2.46. The third kappa shape index (κ3) is 0.775. The van der Waals surface area contributed by atoms with Gasteiger partial charge in [-0.05, 0) is 18.2 Å². The van der Waals surface area contributed by atoms with Crippen LogP contribution in [0, 0.1) is 11.3 Å². The van der Waals surface area contributed by atoms with Gasteiger partial charge < -0.3 is 4.57 Å². The van der Waals surface area contributed by atoms with Gasteiger partial charge in [-0.25, -0.2) is 4.98 Å². The zero-order valence-corrected chi connectivity index (χ0v) is 7.44. The molecule has 0 bridgehead atoms. The molecule has 0 saturated carbocycles. The molecule has 0 spiro atoms. The Morgan fingerprint density at radius 3 is 3.07 bits per heavy atom. The minimum Gasteiger partial charge on any atom is -0.319 e. The average molecular weight is 181 g/mol. The first-order chi connectivity index (χ1) is 6.90. The van der Waals surface area contributed by atoms with Crippen molar-refractivity contribution in [3.05, 3.63) is 36.2 Å². The van der Waals surface area contributed by atoms with E-state index in [-0.39, 0.29) is 0 Å². The molecule has 3 heteroatoms. The molecule has 0 amide bonds. The maximum absolute atomic E-state index is 8.87. The van der Waals surface area contributed by atoms with Crippen molar-refractivity contribution in [1.82, 2.24) is 9.55 Å². The predicted molar refractivity (Wildman–Crippen MR) is 53.3 cm³/mol. The van der Waals surface area contributed by atoms with E-state index in [0.717, 1.165) is 23.4 Å². The Labute approximate surface area is 80.9 Å². The predicted octanol–water partition coefficient (Wildman–Crippen LogP) is 1.96. The third-order valence-electron chi connectivity index (χ3n) is 2.49. The number of fused-ring (bicyclic) bond motifs is 3. The minimum atomic E-state index is 0.682. The van der Waals surface area contributed by atoms with Gasteiger partial charge in [-0.2, -0.15) is 5.26 Å². The van der Waals surface area contributed by atoms with Crippen LogP contribution >= 0.6 is 0 Å². The molecule has 1 aromatic carbocycles. The largest absolute Gasteiger partial charge is 0.319 e. The minimum absolute atomic E-state index is 0.682. The lowest BCUT2D eigenvalue weighted by atomic mass is 10.3. The molecule has 0 fully saturated rings. The van der Waals surface area contributed by atoms with Gasteiger partial charge in [0.05, 0.1) is 16.6 Å². The van der Waals surface area contributed by atoms with Gasteiger partial charge in [-0.15, -0.1) is 0 Å². The Bertz CT molecular complexity index is 584. The summed E-state index contributed by atoms with van der Waals surface area (Å²) in [5, 5.41) is 8.87. The Hall–Kier alpha value is -2.08. The van der Waals surface area contributed by atoms with Crippen LogP contribution in [0.15, 0.2) is 30.3 Å². The molecule has 0 radical (unpaired) electrons. The summed E-state index contributed by atoms with van der Waals surface area (Å²) in [6.07, 6.45) is 1.91. The second-order valence-corrected chi connectivity index (χ2v) is 3.26.